The number of nitrogens with one attached hydrogen (secondary N) is 1. The van der Waals surface area contributed by atoms with Gasteiger partial charge >= 0.3 is 0 Å². The molecule has 2 aliphatic rings. The van der Waals surface area contributed by atoms with Crippen molar-refractivity contribution in [3.8, 4) is 0 Å². The monoisotopic (exact) mass is 430 g/mol. The Morgan fingerprint density at radius 2 is 2.13 bits per heavy atom. The fourth-order valence-electron chi connectivity index (χ4n) is 4.56. The van der Waals surface area contributed by atoms with E-state index in [2.05, 4.69) is 9.88 Å². The summed E-state index contributed by atoms with van der Waals surface area (Å²) in [5.74, 6) is -0.876. The van der Waals surface area contributed by atoms with Gasteiger partial charge in [0.2, 0.25) is 5.91 Å². The number of H-pyrrole nitrogens is 1. The molecular weight excluding hydrogens is 402 g/mol. The second kappa shape index (κ2) is 9.26. The fraction of sp³-hybridized carbons (Fsp3) is 0.522. The lowest BCUT2D eigenvalue weighted by Crippen LogP contribution is -2.40. The smallest absolute Gasteiger partial charge is 0.256 e. The molecule has 1 amide bonds. The number of likely N-dealkylation sites (tertiary alicyclic amines) is 1. The maximum atomic E-state index is 14.1. The lowest BCUT2D eigenvalue weighted by Gasteiger charge is -2.33. The molecule has 0 saturated carbocycles. The van der Waals surface area contributed by atoms with E-state index in [4.69, 9.17) is 4.98 Å². The highest BCUT2D eigenvalue weighted by molar-refractivity contribution is 5.76. The van der Waals surface area contributed by atoms with E-state index in [1.807, 2.05) is 6.92 Å². The van der Waals surface area contributed by atoms with E-state index in [1.54, 1.807) is 11.0 Å². The van der Waals surface area contributed by atoms with Crippen LogP contribution in [0.1, 0.15) is 61.2 Å². The Morgan fingerprint density at radius 1 is 1.29 bits per heavy atom. The summed E-state index contributed by atoms with van der Waals surface area (Å²) in [6.45, 7) is 4.59. The Kier molecular flexibility index (Phi) is 6.46. The van der Waals surface area contributed by atoms with Crippen LogP contribution in [0.15, 0.2) is 23.0 Å². The zero-order valence-corrected chi connectivity index (χ0v) is 17.8. The first-order valence-corrected chi connectivity index (χ1v) is 11.0. The minimum absolute atomic E-state index is 0.0307. The normalized spacial score (nSPS) is 19.3. The van der Waals surface area contributed by atoms with Crippen molar-refractivity contribution in [2.75, 3.05) is 19.6 Å². The molecule has 0 radical (unpaired) electrons. The Labute approximate surface area is 180 Å². The average molecular weight is 430 g/mol. The van der Waals surface area contributed by atoms with Gasteiger partial charge in [0.1, 0.15) is 5.82 Å². The van der Waals surface area contributed by atoms with Gasteiger partial charge in [-0.25, -0.2) is 13.8 Å². The highest BCUT2D eigenvalue weighted by Crippen LogP contribution is 2.27. The van der Waals surface area contributed by atoms with Gasteiger partial charge < -0.3 is 9.88 Å². The predicted octanol–water partition coefficient (Wildman–Crippen LogP) is 3.11. The first kappa shape index (κ1) is 21.6. The summed E-state index contributed by atoms with van der Waals surface area (Å²) in [5, 5.41) is 0. The van der Waals surface area contributed by atoms with Gasteiger partial charge in [-0.15, -0.1) is 0 Å². The van der Waals surface area contributed by atoms with Crippen molar-refractivity contribution in [3.63, 3.8) is 0 Å². The van der Waals surface area contributed by atoms with E-state index in [9.17, 15) is 18.4 Å². The van der Waals surface area contributed by atoms with Gasteiger partial charge in [0.05, 0.1) is 17.8 Å². The van der Waals surface area contributed by atoms with E-state index < -0.39 is 11.6 Å². The molecule has 1 aromatic heterocycles. The van der Waals surface area contributed by atoms with Crippen molar-refractivity contribution in [3.05, 3.63) is 62.8 Å². The summed E-state index contributed by atoms with van der Waals surface area (Å²) < 4.78 is 27.6. The van der Waals surface area contributed by atoms with Crippen LogP contribution in [0.25, 0.3) is 0 Å². The van der Waals surface area contributed by atoms with Crippen LogP contribution in [0, 0.1) is 11.6 Å². The molecule has 1 saturated heterocycles. The second-order valence-corrected chi connectivity index (χ2v) is 8.48. The maximum absolute atomic E-state index is 14.1. The Hall–Kier alpha value is -2.61. The van der Waals surface area contributed by atoms with Crippen molar-refractivity contribution in [1.82, 2.24) is 19.8 Å². The standard InChI is InChI=1S/C23H28F2N4O2/c1-2-5-20(30)29-11-9-19-17(14-29)23(31)27-22(26-19)16-7-4-10-28(13-16)12-15-6-3-8-18(24)21(15)25/h3,6,8,16H,2,4-5,7,9-14H2,1H3,(H,26,27,31). The molecule has 2 aromatic rings. The Balaban J connectivity index is 1.49. The number of halogens is 2. The molecule has 1 fully saturated rings. The third-order valence-corrected chi connectivity index (χ3v) is 6.22. The molecule has 1 aromatic carbocycles. The van der Waals surface area contributed by atoms with Crippen molar-refractivity contribution in [2.45, 2.75) is 58.0 Å². The number of carbonyl (C=O) groups is 1. The number of carbonyl (C=O) groups excluding carboxylic acids is 1. The number of rotatable bonds is 5. The van der Waals surface area contributed by atoms with Gasteiger partial charge in [0, 0.05) is 44.0 Å². The van der Waals surface area contributed by atoms with Crippen molar-refractivity contribution >= 4 is 5.91 Å². The fourth-order valence-corrected chi connectivity index (χ4v) is 4.56. The molecule has 1 unspecified atom stereocenters. The summed E-state index contributed by atoms with van der Waals surface area (Å²) in [5.41, 5.74) is 1.51. The van der Waals surface area contributed by atoms with Crippen LogP contribution in [-0.2, 0) is 24.3 Å². The molecule has 3 heterocycles. The molecule has 31 heavy (non-hydrogen) atoms. The summed E-state index contributed by atoms with van der Waals surface area (Å²) in [6, 6.07) is 4.25. The summed E-state index contributed by atoms with van der Waals surface area (Å²) in [6.07, 6.45) is 3.62. The Bertz CT molecular complexity index is 1020. The number of nitrogens with zero attached hydrogens (tertiary/aromatic N) is 3. The minimum Gasteiger partial charge on any atom is -0.338 e. The van der Waals surface area contributed by atoms with E-state index in [-0.39, 0.29) is 17.4 Å². The summed E-state index contributed by atoms with van der Waals surface area (Å²) >= 11 is 0. The number of aromatic amines is 1. The number of fused-ring (bicyclic) bond motifs is 1. The van der Waals surface area contributed by atoms with Gasteiger partial charge in [0.25, 0.3) is 5.56 Å². The molecule has 0 aliphatic carbocycles. The predicted molar refractivity (Wildman–Crippen MR) is 112 cm³/mol. The van der Waals surface area contributed by atoms with Gasteiger partial charge in [-0.05, 0) is 31.9 Å². The zero-order valence-electron chi connectivity index (χ0n) is 17.8. The zero-order chi connectivity index (χ0) is 22.0. The van der Waals surface area contributed by atoms with Crippen molar-refractivity contribution in [1.29, 1.82) is 0 Å². The van der Waals surface area contributed by atoms with E-state index in [1.165, 1.54) is 6.07 Å². The highest BCUT2D eigenvalue weighted by Gasteiger charge is 2.28. The number of amides is 1. The lowest BCUT2D eigenvalue weighted by atomic mass is 9.96. The molecular formula is C23H28F2N4O2. The summed E-state index contributed by atoms with van der Waals surface area (Å²) in [7, 11) is 0. The van der Waals surface area contributed by atoms with Crippen molar-refractivity contribution < 1.29 is 13.6 Å². The summed E-state index contributed by atoms with van der Waals surface area (Å²) in [4.78, 5) is 36.5. The van der Waals surface area contributed by atoms with Gasteiger partial charge in [-0.1, -0.05) is 19.1 Å². The quantitative estimate of drug-likeness (QED) is 0.792. The second-order valence-electron chi connectivity index (χ2n) is 8.48. The first-order valence-electron chi connectivity index (χ1n) is 11.0. The van der Waals surface area contributed by atoms with Crippen molar-refractivity contribution in [2.24, 2.45) is 0 Å². The molecule has 8 heteroatoms. The molecule has 6 nitrogen and oxygen atoms in total. The van der Waals surface area contributed by atoms with Crippen LogP contribution in [-0.4, -0.2) is 45.3 Å². The third kappa shape index (κ3) is 4.69. The SMILES string of the molecule is CCCC(=O)N1CCc2nc(C3CCCN(Cc4cccc(F)c4F)C3)[nH]c(=O)c2C1. The highest BCUT2D eigenvalue weighted by atomic mass is 19.2. The number of piperidine rings is 1. The van der Waals surface area contributed by atoms with Crippen LogP contribution in [0.2, 0.25) is 0 Å². The maximum Gasteiger partial charge on any atom is 0.256 e. The number of aromatic nitrogens is 2. The van der Waals surface area contributed by atoms with E-state index in [0.717, 1.165) is 37.6 Å². The third-order valence-electron chi connectivity index (χ3n) is 6.22. The molecule has 0 bridgehead atoms. The van der Waals surface area contributed by atoms with Crippen LogP contribution in [0.3, 0.4) is 0 Å². The van der Waals surface area contributed by atoms with Crippen LogP contribution >= 0.6 is 0 Å². The van der Waals surface area contributed by atoms with Gasteiger partial charge in [-0.3, -0.25) is 14.5 Å². The Morgan fingerprint density at radius 3 is 2.94 bits per heavy atom. The topological polar surface area (TPSA) is 69.3 Å². The van der Waals surface area contributed by atoms with E-state index >= 15 is 0 Å². The number of benzene rings is 1. The molecule has 1 atom stereocenters. The molecule has 1 N–H and O–H groups in total. The largest absolute Gasteiger partial charge is 0.338 e. The molecule has 0 spiro atoms. The van der Waals surface area contributed by atoms with Crippen LogP contribution < -0.4 is 5.56 Å². The van der Waals surface area contributed by atoms with Crippen LogP contribution in [0.4, 0.5) is 8.78 Å². The first-order chi connectivity index (χ1) is 15.0. The van der Waals surface area contributed by atoms with Crippen LogP contribution in [0.5, 0.6) is 0 Å². The molecule has 2 aliphatic heterocycles. The minimum atomic E-state index is -0.835. The molecule has 166 valence electrons. The van der Waals surface area contributed by atoms with E-state index in [0.29, 0.717) is 56.0 Å². The average Bonchev–Trinajstić information content (AvgIpc) is 2.77. The number of hydrogen-bond acceptors (Lipinski definition) is 4. The number of hydrogen-bond donors (Lipinski definition) is 1. The van der Waals surface area contributed by atoms with Gasteiger partial charge in [-0.2, -0.15) is 0 Å². The van der Waals surface area contributed by atoms with Gasteiger partial charge in [0.15, 0.2) is 11.6 Å². The molecule has 4 rings (SSSR count). The lowest BCUT2D eigenvalue weighted by molar-refractivity contribution is -0.132.